The van der Waals surface area contributed by atoms with E-state index in [4.69, 9.17) is 9.47 Å². The lowest BCUT2D eigenvalue weighted by molar-refractivity contribution is -0.120. The maximum atomic E-state index is 12.5. The molecule has 3 aromatic carbocycles. The second-order valence-electron chi connectivity index (χ2n) is 6.95. The van der Waals surface area contributed by atoms with E-state index >= 15 is 0 Å². The molecule has 0 aliphatic carbocycles. The summed E-state index contributed by atoms with van der Waals surface area (Å²) in [6.45, 7) is 0.461. The van der Waals surface area contributed by atoms with Gasteiger partial charge in [-0.25, -0.2) is 13.1 Å². The Kier molecular flexibility index (Phi) is 7.49. The molecule has 0 aliphatic heterocycles. The van der Waals surface area contributed by atoms with Gasteiger partial charge < -0.3 is 14.8 Å². The molecule has 1 amide bonds. The van der Waals surface area contributed by atoms with Crippen LogP contribution in [0.4, 0.5) is 0 Å². The van der Waals surface area contributed by atoms with E-state index in [2.05, 4.69) is 10.0 Å². The van der Waals surface area contributed by atoms with Crippen molar-refractivity contribution >= 4 is 26.7 Å². The van der Waals surface area contributed by atoms with Crippen LogP contribution in [0.3, 0.4) is 0 Å². The zero-order valence-corrected chi connectivity index (χ0v) is 18.4. The Bertz CT molecular complexity index is 1160. The van der Waals surface area contributed by atoms with Crippen molar-refractivity contribution in [1.82, 2.24) is 10.0 Å². The summed E-state index contributed by atoms with van der Waals surface area (Å²) in [5.74, 6) is 1.06. The average Bonchev–Trinajstić information content (AvgIpc) is 2.78. The van der Waals surface area contributed by atoms with Crippen LogP contribution in [0.2, 0.25) is 0 Å². The molecule has 7 nitrogen and oxygen atoms in total. The van der Waals surface area contributed by atoms with Gasteiger partial charge >= 0.3 is 0 Å². The highest BCUT2D eigenvalue weighted by Gasteiger charge is 2.14. The van der Waals surface area contributed by atoms with Crippen molar-refractivity contribution in [1.29, 1.82) is 0 Å². The highest BCUT2D eigenvalue weighted by Crippen LogP contribution is 2.27. The number of rotatable bonds is 10. The zero-order chi connectivity index (χ0) is 22.3. The molecule has 0 radical (unpaired) electrons. The molecule has 0 heterocycles. The third-order valence-corrected chi connectivity index (χ3v) is 6.32. The number of nitrogens with one attached hydrogen (secondary N) is 2. The van der Waals surface area contributed by atoms with E-state index in [1.165, 1.54) is 0 Å². The van der Waals surface area contributed by atoms with E-state index in [1.807, 2.05) is 42.5 Å². The standard InChI is InChI=1S/C23H26N2O5S/c1-29-21-10-7-17(15-22(21)30-2)11-13-24-23(26)12-14-25-31(27,28)20-9-8-18-5-3-4-6-19(18)16-20/h3-10,15-16,25H,11-14H2,1-2H3,(H,24,26). The Hall–Kier alpha value is -3.10. The van der Waals surface area contributed by atoms with Crippen molar-refractivity contribution in [2.45, 2.75) is 17.7 Å². The fourth-order valence-corrected chi connectivity index (χ4v) is 4.25. The molecule has 164 valence electrons. The molecular formula is C23H26N2O5S. The molecule has 0 saturated carbocycles. The molecule has 8 heteroatoms. The number of methoxy groups -OCH3 is 2. The second kappa shape index (κ2) is 10.3. The monoisotopic (exact) mass is 442 g/mol. The summed E-state index contributed by atoms with van der Waals surface area (Å²) in [6.07, 6.45) is 0.674. The highest BCUT2D eigenvalue weighted by molar-refractivity contribution is 7.89. The average molecular weight is 443 g/mol. The smallest absolute Gasteiger partial charge is 0.240 e. The van der Waals surface area contributed by atoms with Crippen molar-refractivity contribution in [3.05, 3.63) is 66.2 Å². The normalized spacial score (nSPS) is 11.3. The number of ether oxygens (including phenoxy) is 2. The van der Waals surface area contributed by atoms with Gasteiger partial charge in [0.25, 0.3) is 0 Å². The summed E-state index contributed by atoms with van der Waals surface area (Å²) >= 11 is 0. The molecule has 3 aromatic rings. The molecule has 0 bridgehead atoms. The van der Waals surface area contributed by atoms with E-state index in [9.17, 15) is 13.2 Å². The number of carbonyl (C=O) groups is 1. The molecule has 0 spiro atoms. The van der Waals surface area contributed by atoms with Gasteiger partial charge in [0.05, 0.1) is 19.1 Å². The van der Waals surface area contributed by atoms with Gasteiger partial charge in [-0.05, 0) is 47.0 Å². The van der Waals surface area contributed by atoms with Gasteiger partial charge in [0.15, 0.2) is 11.5 Å². The molecule has 2 N–H and O–H groups in total. The summed E-state index contributed by atoms with van der Waals surface area (Å²) in [6, 6.07) is 18.1. The van der Waals surface area contributed by atoms with Gasteiger partial charge in [-0.15, -0.1) is 0 Å². The van der Waals surface area contributed by atoms with E-state index in [0.717, 1.165) is 16.3 Å². The van der Waals surface area contributed by atoms with Crippen LogP contribution in [0.1, 0.15) is 12.0 Å². The quantitative estimate of drug-likeness (QED) is 0.504. The first kappa shape index (κ1) is 22.6. The third-order valence-electron chi connectivity index (χ3n) is 4.86. The van der Waals surface area contributed by atoms with Gasteiger partial charge in [0.1, 0.15) is 0 Å². The molecular weight excluding hydrogens is 416 g/mol. The summed E-state index contributed by atoms with van der Waals surface area (Å²) in [4.78, 5) is 12.2. The van der Waals surface area contributed by atoms with Crippen molar-refractivity contribution in [2.75, 3.05) is 27.3 Å². The maximum absolute atomic E-state index is 12.5. The minimum absolute atomic E-state index is 0.0252. The Morgan fingerprint density at radius 3 is 2.35 bits per heavy atom. The van der Waals surface area contributed by atoms with Crippen LogP contribution >= 0.6 is 0 Å². The lowest BCUT2D eigenvalue weighted by Gasteiger charge is -2.10. The first-order valence-corrected chi connectivity index (χ1v) is 11.4. The predicted octanol–water partition coefficient (Wildman–Crippen LogP) is 2.88. The number of fused-ring (bicyclic) bond motifs is 1. The molecule has 0 unspecified atom stereocenters. The topological polar surface area (TPSA) is 93.7 Å². The minimum atomic E-state index is -3.68. The van der Waals surface area contributed by atoms with Gasteiger partial charge in [-0.2, -0.15) is 0 Å². The van der Waals surface area contributed by atoms with Crippen LogP contribution in [-0.4, -0.2) is 41.6 Å². The largest absolute Gasteiger partial charge is 0.493 e. The molecule has 0 aromatic heterocycles. The SMILES string of the molecule is COc1ccc(CCNC(=O)CCNS(=O)(=O)c2ccc3ccccc3c2)cc1OC. The fourth-order valence-electron chi connectivity index (χ4n) is 3.19. The molecule has 0 atom stereocenters. The summed E-state index contributed by atoms with van der Waals surface area (Å²) < 4.78 is 38.0. The number of hydrogen-bond acceptors (Lipinski definition) is 5. The molecule has 3 rings (SSSR count). The van der Waals surface area contributed by atoms with Crippen LogP contribution < -0.4 is 19.5 Å². The number of amides is 1. The van der Waals surface area contributed by atoms with Crippen LogP contribution in [0.25, 0.3) is 10.8 Å². The summed E-state index contributed by atoms with van der Waals surface area (Å²) in [5, 5.41) is 4.62. The van der Waals surface area contributed by atoms with Gasteiger partial charge in [-0.1, -0.05) is 36.4 Å². The van der Waals surface area contributed by atoms with Crippen molar-refractivity contribution < 1.29 is 22.7 Å². The van der Waals surface area contributed by atoms with E-state index < -0.39 is 10.0 Å². The lowest BCUT2D eigenvalue weighted by Crippen LogP contribution is -2.31. The Morgan fingerprint density at radius 2 is 1.61 bits per heavy atom. The second-order valence-corrected chi connectivity index (χ2v) is 8.71. The number of carbonyl (C=O) groups excluding carboxylic acids is 1. The lowest BCUT2D eigenvalue weighted by atomic mass is 10.1. The van der Waals surface area contributed by atoms with E-state index in [1.54, 1.807) is 32.4 Å². The maximum Gasteiger partial charge on any atom is 0.240 e. The molecule has 0 saturated heterocycles. The van der Waals surface area contributed by atoms with Crippen LogP contribution in [0.5, 0.6) is 11.5 Å². The fraction of sp³-hybridized carbons (Fsp3) is 0.261. The Balaban J connectivity index is 1.46. The first-order valence-electron chi connectivity index (χ1n) is 9.89. The van der Waals surface area contributed by atoms with Crippen LogP contribution in [-0.2, 0) is 21.2 Å². The molecule has 0 aliphatic rings. The van der Waals surface area contributed by atoms with Gasteiger partial charge in [0, 0.05) is 19.5 Å². The number of benzene rings is 3. The summed E-state index contributed by atoms with van der Waals surface area (Å²) in [7, 11) is -0.534. The predicted molar refractivity (Wildman–Crippen MR) is 120 cm³/mol. The van der Waals surface area contributed by atoms with Crippen LogP contribution in [0, 0.1) is 0 Å². The molecule has 0 fully saturated rings. The van der Waals surface area contributed by atoms with Crippen molar-refractivity contribution in [3.8, 4) is 11.5 Å². The van der Waals surface area contributed by atoms with Crippen molar-refractivity contribution in [2.24, 2.45) is 0 Å². The van der Waals surface area contributed by atoms with E-state index in [-0.39, 0.29) is 23.8 Å². The highest BCUT2D eigenvalue weighted by atomic mass is 32.2. The van der Waals surface area contributed by atoms with Crippen LogP contribution in [0.15, 0.2) is 65.6 Å². The Labute approximate surface area is 182 Å². The summed E-state index contributed by atoms with van der Waals surface area (Å²) in [5.41, 5.74) is 0.995. The third kappa shape index (κ3) is 5.96. The van der Waals surface area contributed by atoms with Crippen molar-refractivity contribution in [3.63, 3.8) is 0 Å². The van der Waals surface area contributed by atoms with E-state index in [0.29, 0.717) is 24.5 Å². The zero-order valence-electron chi connectivity index (χ0n) is 17.6. The first-order chi connectivity index (χ1) is 14.9. The molecule has 31 heavy (non-hydrogen) atoms. The van der Waals surface area contributed by atoms with Gasteiger partial charge in [-0.3, -0.25) is 4.79 Å². The Morgan fingerprint density at radius 1 is 0.871 bits per heavy atom. The minimum Gasteiger partial charge on any atom is -0.493 e. The number of hydrogen-bond donors (Lipinski definition) is 2. The number of sulfonamides is 1. The van der Waals surface area contributed by atoms with Gasteiger partial charge in [0.2, 0.25) is 15.9 Å².